The molecule has 0 saturated heterocycles. The molecule has 0 atom stereocenters. The highest BCUT2D eigenvalue weighted by Gasteiger charge is 1.92. The Morgan fingerprint density at radius 3 is 1.68 bits per heavy atom. The van der Waals surface area contributed by atoms with Crippen LogP contribution >= 0.6 is 0 Å². The minimum absolute atomic E-state index is 0.00292. The summed E-state index contributed by atoms with van der Waals surface area (Å²) >= 11 is 0. The first kappa shape index (κ1) is 20.9. The van der Waals surface area contributed by atoms with Crippen molar-refractivity contribution in [3.05, 3.63) is 24.3 Å². The fraction of sp³-hybridized carbons (Fsp3) is 0.750. The van der Waals surface area contributed by atoms with Gasteiger partial charge in [-0.3, -0.25) is 0 Å². The van der Waals surface area contributed by atoms with Gasteiger partial charge in [0.25, 0.3) is 0 Å². The number of allylic oxidation sites excluding steroid dienone is 3. The van der Waals surface area contributed by atoms with Crippen LogP contribution in [0, 0.1) is 0 Å². The molecular formula is C20H35O2-. The van der Waals surface area contributed by atoms with Gasteiger partial charge in [-0.1, -0.05) is 102 Å². The summed E-state index contributed by atoms with van der Waals surface area (Å²) in [5, 5.41) is 10.2. The third kappa shape index (κ3) is 18.9. The van der Waals surface area contributed by atoms with Crippen LogP contribution in [0.4, 0.5) is 0 Å². The molecule has 0 unspecified atom stereocenters. The van der Waals surface area contributed by atoms with Crippen molar-refractivity contribution in [2.24, 2.45) is 0 Å². The predicted octanol–water partition coefficient (Wildman–Crippen LogP) is 5.33. The van der Waals surface area contributed by atoms with Crippen molar-refractivity contribution in [3.8, 4) is 0 Å². The van der Waals surface area contributed by atoms with Crippen molar-refractivity contribution in [1.29, 1.82) is 0 Å². The van der Waals surface area contributed by atoms with Gasteiger partial charge in [-0.25, -0.2) is 0 Å². The van der Waals surface area contributed by atoms with Crippen LogP contribution in [0.15, 0.2) is 24.3 Å². The number of carbonyl (C=O) groups excluding carboxylic acids is 1. The lowest BCUT2D eigenvalue weighted by molar-refractivity contribution is -0.304. The molecule has 0 aromatic heterocycles. The van der Waals surface area contributed by atoms with Gasteiger partial charge in [0.05, 0.1) is 0 Å². The number of carboxylic acids is 1. The Kier molecular flexibility index (Phi) is 17.1. The van der Waals surface area contributed by atoms with Crippen LogP contribution in [0.25, 0.3) is 0 Å². The number of aliphatic carboxylic acids is 1. The summed E-state index contributed by atoms with van der Waals surface area (Å²) in [7, 11) is 0. The molecule has 0 aliphatic rings. The zero-order valence-electron chi connectivity index (χ0n) is 14.5. The van der Waals surface area contributed by atoms with Crippen molar-refractivity contribution >= 4 is 5.97 Å². The number of unbranched alkanes of at least 4 members (excludes halogenated alkanes) is 12. The van der Waals surface area contributed by atoms with Crippen molar-refractivity contribution in [2.75, 3.05) is 0 Å². The molecule has 0 radical (unpaired) electrons. The molecule has 2 heteroatoms. The molecule has 2 nitrogen and oxygen atoms in total. The molecular weight excluding hydrogens is 272 g/mol. The standard InChI is InChI=1S/C20H36O2/c1-2-3-4-5-6-7-8-9-10-11-12-13-14-15-16-17-18-19-20(21)22/h15-18H,2-14,19H2,1H3,(H,21,22)/p-1/b16-15+,18-17+. The van der Waals surface area contributed by atoms with E-state index in [0.29, 0.717) is 0 Å². The lowest BCUT2D eigenvalue weighted by Gasteiger charge is -2.02. The molecule has 0 aromatic rings. The largest absolute Gasteiger partial charge is 0.550 e. The zero-order chi connectivity index (χ0) is 16.3. The Hall–Kier alpha value is -1.05. The first-order chi connectivity index (χ1) is 10.8. The second kappa shape index (κ2) is 18.0. The molecule has 128 valence electrons. The van der Waals surface area contributed by atoms with E-state index in [1.807, 2.05) is 6.08 Å². The average Bonchev–Trinajstić information content (AvgIpc) is 2.50. The minimum Gasteiger partial charge on any atom is -0.550 e. The van der Waals surface area contributed by atoms with Gasteiger partial charge in [-0.2, -0.15) is 0 Å². The van der Waals surface area contributed by atoms with Gasteiger partial charge < -0.3 is 9.90 Å². The van der Waals surface area contributed by atoms with E-state index < -0.39 is 5.97 Å². The maximum absolute atomic E-state index is 10.2. The number of hydrogen-bond donors (Lipinski definition) is 0. The number of carbonyl (C=O) groups is 1. The van der Waals surface area contributed by atoms with Crippen LogP contribution in [0.1, 0.15) is 96.8 Å². The van der Waals surface area contributed by atoms with Crippen LogP contribution in [0.5, 0.6) is 0 Å². The fourth-order valence-corrected chi connectivity index (χ4v) is 2.52. The van der Waals surface area contributed by atoms with Gasteiger partial charge >= 0.3 is 0 Å². The van der Waals surface area contributed by atoms with Crippen LogP contribution in [-0.2, 0) is 4.79 Å². The van der Waals surface area contributed by atoms with Gasteiger partial charge in [0, 0.05) is 12.4 Å². The molecule has 0 bridgehead atoms. The van der Waals surface area contributed by atoms with E-state index in [-0.39, 0.29) is 6.42 Å². The molecule has 0 aliphatic carbocycles. The summed E-state index contributed by atoms with van der Waals surface area (Å²) in [5.41, 5.74) is 0. The molecule has 22 heavy (non-hydrogen) atoms. The molecule has 0 aliphatic heterocycles. The van der Waals surface area contributed by atoms with Gasteiger partial charge in [0.2, 0.25) is 0 Å². The zero-order valence-corrected chi connectivity index (χ0v) is 14.5. The van der Waals surface area contributed by atoms with E-state index in [1.165, 1.54) is 77.0 Å². The average molecular weight is 307 g/mol. The van der Waals surface area contributed by atoms with Crippen molar-refractivity contribution in [2.45, 2.75) is 96.8 Å². The molecule has 0 saturated carbocycles. The quantitative estimate of drug-likeness (QED) is 0.285. The Morgan fingerprint density at radius 2 is 1.18 bits per heavy atom. The molecule has 0 spiro atoms. The third-order valence-corrected chi connectivity index (χ3v) is 3.89. The van der Waals surface area contributed by atoms with E-state index in [2.05, 4.69) is 13.0 Å². The molecule has 0 N–H and O–H groups in total. The summed E-state index contributed by atoms with van der Waals surface area (Å²) in [6, 6.07) is 0. The Labute approximate surface area is 137 Å². The van der Waals surface area contributed by atoms with Crippen molar-refractivity contribution in [1.82, 2.24) is 0 Å². The maximum atomic E-state index is 10.2. The van der Waals surface area contributed by atoms with Crippen LogP contribution < -0.4 is 5.11 Å². The van der Waals surface area contributed by atoms with E-state index in [4.69, 9.17) is 0 Å². The van der Waals surface area contributed by atoms with Crippen molar-refractivity contribution in [3.63, 3.8) is 0 Å². The fourth-order valence-electron chi connectivity index (χ4n) is 2.52. The number of rotatable bonds is 16. The second-order valence-electron chi connectivity index (χ2n) is 6.11. The van der Waals surface area contributed by atoms with Crippen molar-refractivity contribution < 1.29 is 9.90 Å². The SMILES string of the molecule is CCCCCCCCCCCCCC/C=C/C=C/CC(=O)[O-]. The van der Waals surface area contributed by atoms with Crippen LogP contribution in [-0.4, -0.2) is 5.97 Å². The van der Waals surface area contributed by atoms with E-state index >= 15 is 0 Å². The van der Waals surface area contributed by atoms with Gasteiger partial charge in [0.15, 0.2) is 0 Å². The molecule has 0 fully saturated rings. The van der Waals surface area contributed by atoms with E-state index in [9.17, 15) is 9.90 Å². The van der Waals surface area contributed by atoms with Gasteiger partial charge in [-0.15, -0.1) is 0 Å². The summed E-state index contributed by atoms with van der Waals surface area (Å²) in [4.78, 5) is 10.2. The summed E-state index contributed by atoms with van der Waals surface area (Å²) < 4.78 is 0. The summed E-state index contributed by atoms with van der Waals surface area (Å²) in [6.45, 7) is 2.27. The third-order valence-electron chi connectivity index (χ3n) is 3.89. The van der Waals surface area contributed by atoms with Gasteiger partial charge in [0.1, 0.15) is 0 Å². The van der Waals surface area contributed by atoms with E-state index in [0.717, 1.165) is 6.42 Å². The Balaban J connectivity index is 3.12. The Morgan fingerprint density at radius 1 is 0.727 bits per heavy atom. The molecule has 0 heterocycles. The normalized spacial score (nSPS) is 11.7. The molecule has 0 rings (SSSR count). The first-order valence-electron chi connectivity index (χ1n) is 9.29. The minimum atomic E-state index is -1.02. The highest BCUT2D eigenvalue weighted by molar-refractivity contribution is 5.66. The molecule has 0 amide bonds. The van der Waals surface area contributed by atoms with Crippen LogP contribution in [0.3, 0.4) is 0 Å². The Bertz CT molecular complexity index is 292. The molecule has 0 aromatic carbocycles. The first-order valence-corrected chi connectivity index (χ1v) is 9.29. The summed E-state index contributed by atoms with van der Waals surface area (Å²) in [5.74, 6) is -1.02. The monoisotopic (exact) mass is 307 g/mol. The lowest BCUT2D eigenvalue weighted by atomic mass is 10.0. The smallest absolute Gasteiger partial charge is 0.0452 e. The number of hydrogen-bond acceptors (Lipinski definition) is 2. The number of carboxylic acid groups (broad SMARTS) is 1. The summed E-state index contributed by atoms with van der Waals surface area (Å²) in [6.07, 6.45) is 25.1. The maximum Gasteiger partial charge on any atom is 0.0452 e. The predicted molar refractivity (Wildman–Crippen MR) is 93.6 cm³/mol. The highest BCUT2D eigenvalue weighted by Crippen LogP contribution is 2.12. The van der Waals surface area contributed by atoms with Crippen LogP contribution in [0.2, 0.25) is 0 Å². The highest BCUT2D eigenvalue weighted by atomic mass is 16.4. The lowest BCUT2D eigenvalue weighted by Crippen LogP contribution is -2.20. The van der Waals surface area contributed by atoms with Gasteiger partial charge in [-0.05, 0) is 12.8 Å². The topological polar surface area (TPSA) is 40.1 Å². The second-order valence-corrected chi connectivity index (χ2v) is 6.11. The van der Waals surface area contributed by atoms with E-state index in [1.54, 1.807) is 12.2 Å².